The van der Waals surface area contributed by atoms with Crippen LogP contribution in [0.15, 0.2) is 12.1 Å². The Kier molecular flexibility index (Phi) is 3.02. The molecule has 0 radical (unpaired) electrons. The van der Waals surface area contributed by atoms with E-state index in [2.05, 4.69) is 0 Å². The molecular weight excluding hydrogens is 297 g/mol. The summed E-state index contributed by atoms with van der Waals surface area (Å²) in [6, 6.07) is 1.16. The first kappa shape index (κ1) is 10.2. The predicted octanol–water partition coefficient (Wildman–Crippen LogP) is 2.15. The molecule has 6 heteroatoms. The van der Waals surface area contributed by atoms with Crippen LogP contribution in [0.4, 0.5) is 8.78 Å². The van der Waals surface area contributed by atoms with Crippen LogP contribution in [0.1, 0.15) is 10.4 Å². The van der Waals surface area contributed by atoms with E-state index in [9.17, 15) is 16.6 Å². The van der Waals surface area contributed by atoms with Crippen LogP contribution in [0, 0.1) is 15.2 Å². The first-order valence-corrected chi connectivity index (χ1v) is 5.01. The molecule has 13 heavy (non-hydrogen) atoms. The zero-order valence-corrected chi connectivity index (χ0v) is 8.21. The van der Waals surface area contributed by atoms with Gasteiger partial charge in [0.25, 0.3) is 0 Å². The molecule has 1 aromatic carbocycles. The van der Waals surface area contributed by atoms with Gasteiger partial charge < -0.3 is 5.11 Å². The van der Waals surface area contributed by atoms with Crippen LogP contribution in [-0.2, 0) is 3.07 Å². The summed E-state index contributed by atoms with van der Waals surface area (Å²) in [6.45, 7) is 0. The lowest BCUT2D eigenvalue weighted by Crippen LogP contribution is -2.03. The molecule has 1 N–H and O–H groups in total. The van der Waals surface area contributed by atoms with Crippen molar-refractivity contribution in [3.05, 3.63) is 32.9 Å². The first-order chi connectivity index (χ1) is 6.06. The van der Waals surface area contributed by atoms with Gasteiger partial charge in [0.05, 0.1) is 9.13 Å². The van der Waals surface area contributed by atoms with Gasteiger partial charge in [0, 0.05) is 6.07 Å². The summed E-state index contributed by atoms with van der Waals surface area (Å²) < 4.78 is 35.4. The van der Waals surface area contributed by atoms with Crippen molar-refractivity contribution in [2.45, 2.75) is 0 Å². The third-order valence-corrected chi connectivity index (χ3v) is 2.84. The van der Waals surface area contributed by atoms with E-state index in [4.69, 9.17) is 5.11 Å². The summed E-state index contributed by atoms with van der Waals surface area (Å²) in [6.07, 6.45) is 0. The second-order valence-electron chi connectivity index (χ2n) is 2.13. The molecule has 1 aromatic rings. The molecule has 0 atom stereocenters. The number of aromatic carboxylic acids is 1. The molecule has 0 spiro atoms. The zero-order chi connectivity index (χ0) is 10.0. The predicted molar refractivity (Wildman–Crippen MR) is 46.7 cm³/mol. The van der Waals surface area contributed by atoms with E-state index >= 15 is 0 Å². The van der Waals surface area contributed by atoms with E-state index in [0.29, 0.717) is 12.1 Å². The lowest BCUT2D eigenvalue weighted by molar-refractivity contribution is 0.0694. The highest BCUT2D eigenvalue weighted by atomic mass is 127. The zero-order valence-electron chi connectivity index (χ0n) is 6.05. The van der Waals surface area contributed by atoms with Gasteiger partial charge in [-0.25, -0.2) is 13.6 Å². The monoisotopic (exact) mass is 300 g/mol. The highest BCUT2D eigenvalue weighted by Crippen LogP contribution is 2.21. The molecule has 3 nitrogen and oxygen atoms in total. The lowest BCUT2D eigenvalue weighted by Gasteiger charge is -1.99. The van der Waals surface area contributed by atoms with Crippen LogP contribution < -0.4 is 0 Å². The number of hydrogen-bond acceptors (Lipinski definition) is 2. The molecule has 0 bridgehead atoms. The number of hydrogen-bond donors (Lipinski definition) is 1. The summed E-state index contributed by atoms with van der Waals surface area (Å²) in [5.74, 6) is -3.54. The Morgan fingerprint density at radius 3 is 2.46 bits per heavy atom. The molecule has 0 amide bonds. The topological polar surface area (TPSA) is 54.4 Å². The summed E-state index contributed by atoms with van der Waals surface area (Å²) in [5, 5.41) is 8.49. The van der Waals surface area contributed by atoms with Crippen molar-refractivity contribution >= 4 is 27.2 Å². The van der Waals surface area contributed by atoms with Gasteiger partial charge in [-0.1, -0.05) is 0 Å². The Morgan fingerprint density at radius 2 is 2.00 bits per heavy atom. The number of halogens is 3. The van der Waals surface area contributed by atoms with Gasteiger partial charge in [-0.05, 0) is 6.07 Å². The molecule has 0 unspecified atom stereocenters. The van der Waals surface area contributed by atoms with E-state index in [-0.39, 0.29) is 0 Å². The van der Waals surface area contributed by atoms with Crippen LogP contribution in [0.5, 0.6) is 0 Å². The average molecular weight is 300 g/mol. The molecule has 0 saturated carbocycles. The van der Waals surface area contributed by atoms with Gasteiger partial charge in [0.2, 0.25) is 0 Å². The van der Waals surface area contributed by atoms with Gasteiger partial charge in [0.15, 0.2) is 21.2 Å². The van der Waals surface area contributed by atoms with Crippen molar-refractivity contribution in [2.75, 3.05) is 0 Å². The second kappa shape index (κ2) is 3.86. The fraction of sp³-hybridized carbons (Fsp3) is 0. The third kappa shape index (κ3) is 2.06. The van der Waals surface area contributed by atoms with Crippen molar-refractivity contribution in [3.63, 3.8) is 0 Å². The maximum absolute atomic E-state index is 12.8. The minimum Gasteiger partial charge on any atom is -0.478 e. The summed E-state index contributed by atoms with van der Waals surface area (Å²) >= 11 is -1.95. The number of benzene rings is 1. The molecular formula is C7H3F2IO3. The summed E-state index contributed by atoms with van der Waals surface area (Å²) in [7, 11) is 0. The Hall–Kier alpha value is -0.920. The highest BCUT2D eigenvalue weighted by Gasteiger charge is 2.16. The molecule has 1 rings (SSSR count). The molecule has 0 saturated heterocycles. The lowest BCUT2D eigenvalue weighted by atomic mass is 10.2. The highest BCUT2D eigenvalue weighted by molar-refractivity contribution is 14.1. The minimum absolute atomic E-state index is 0.410. The number of carboxylic acids is 1. The van der Waals surface area contributed by atoms with Crippen molar-refractivity contribution in [3.8, 4) is 0 Å². The molecule has 0 aliphatic carbocycles. The van der Waals surface area contributed by atoms with Crippen molar-refractivity contribution in [2.24, 2.45) is 0 Å². The van der Waals surface area contributed by atoms with Gasteiger partial charge in [-0.2, -0.15) is 0 Å². The maximum Gasteiger partial charge on any atom is 0.337 e. The van der Waals surface area contributed by atoms with Crippen molar-refractivity contribution in [1.82, 2.24) is 0 Å². The minimum atomic E-state index is -1.95. The Morgan fingerprint density at radius 1 is 1.38 bits per heavy atom. The summed E-state index contributed by atoms with van der Waals surface area (Å²) in [5.41, 5.74) is -0.569. The van der Waals surface area contributed by atoms with Gasteiger partial charge in [-0.15, -0.1) is 0 Å². The summed E-state index contributed by atoms with van der Waals surface area (Å²) in [4.78, 5) is 10.4. The third-order valence-electron chi connectivity index (χ3n) is 1.30. The van der Waals surface area contributed by atoms with E-state index in [1.807, 2.05) is 0 Å². The van der Waals surface area contributed by atoms with Crippen LogP contribution in [-0.4, -0.2) is 11.1 Å². The van der Waals surface area contributed by atoms with E-state index in [1.165, 1.54) is 0 Å². The average Bonchev–Trinajstić information content (AvgIpc) is 2.02. The SMILES string of the molecule is O=Ic1c(F)cc(F)cc1C(=O)O. The standard InChI is InChI=1S/C7H3F2IO3/c8-3-1-4(7(11)12)6(10-13)5(9)2-3/h1-2H,(H,11,12). The fourth-order valence-corrected chi connectivity index (χ4v) is 1.78. The maximum atomic E-state index is 12.8. The second-order valence-corrected chi connectivity index (χ2v) is 3.65. The van der Waals surface area contributed by atoms with Gasteiger partial charge in [0.1, 0.15) is 11.6 Å². The molecule has 0 aliphatic rings. The molecule has 70 valence electrons. The van der Waals surface area contributed by atoms with Crippen LogP contribution in [0.2, 0.25) is 0 Å². The quantitative estimate of drug-likeness (QED) is 0.672. The largest absolute Gasteiger partial charge is 0.478 e. The van der Waals surface area contributed by atoms with Crippen LogP contribution in [0.25, 0.3) is 0 Å². The smallest absolute Gasteiger partial charge is 0.337 e. The van der Waals surface area contributed by atoms with Crippen molar-refractivity contribution < 1.29 is 21.8 Å². The Balaban J connectivity index is 3.46. The Bertz CT molecular complexity index is 378. The molecule has 0 aromatic heterocycles. The normalized spacial score (nSPS) is 10.0. The molecule has 0 fully saturated rings. The number of carboxylic acid groups (broad SMARTS) is 1. The Labute approximate surface area is 82.0 Å². The van der Waals surface area contributed by atoms with E-state index < -0.39 is 47.9 Å². The molecule has 0 aliphatic heterocycles. The van der Waals surface area contributed by atoms with E-state index in [0.717, 1.165) is 0 Å². The van der Waals surface area contributed by atoms with Gasteiger partial charge in [-0.3, -0.25) is 3.07 Å². The fourth-order valence-electron chi connectivity index (χ4n) is 0.790. The van der Waals surface area contributed by atoms with Crippen LogP contribution >= 0.6 is 21.2 Å². The van der Waals surface area contributed by atoms with Crippen LogP contribution in [0.3, 0.4) is 0 Å². The number of carbonyl (C=O) groups is 1. The first-order valence-electron chi connectivity index (χ1n) is 3.05. The number of rotatable bonds is 2. The van der Waals surface area contributed by atoms with E-state index in [1.54, 1.807) is 0 Å². The van der Waals surface area contributed by atoms with Gasteiger partial charge >= 0.3 is 5.97 Å². The molecule has 0 heterocycles. The van der Waals surface area contributed by atoms with Crippen molar-refractivity contribution in [1.29, 1.82) is 0 Å².